The van der Waals surface area contributed by atoms with E-state index in [2.05, 4.69) is 6.92 Å². The molecule has 1 aliphatic rings. The Morgan fingerprint density at radius 1 is 1.27 bits per heavy atom. The topological polar surface area (TPSA) is 50.1 Å². The molecule has 2 rings (SSSR count). The molecule has 0 heterocycles. The molecule has 0 aromatic heterocycles. The number of aryl methyl sites for hydroxylation is 1. The molecule has 1 aromatic carbocycles. The molecule has 0 aliphatic heterocycles. The molecule has 0 saturated heterocycles. The highest BCUT2D eigenvalue weighted by atomic mass is 16.5. The number of nitriles is 1. The van der Waals surface area contributed by atoms with Gasteiger partial charge in [-0.2, -0.15) is 5.26 Å². The average molecular weight is 297 g/mol. The minimum atomic E-state index is -0.223. The van der Waals surface area contributed by atoms with Crippen molar-refractivity contribution < 1.29 is 9.53 Å². The summed E-state index contributed by atoms with van der Waals surface area (Å²) in [7, 11) is 0. The van der Waals surface area contributed by atoms with E-state index < -0.39 is 0 Å². The van der Waals surface area contributed by atoms with Crippen LogP contribution in [-0.4, -0.2) is 12.1 Å². The first kappa shape index (κ1) is 16.3. The Bertz CT molecular complexity index is 546. The van der Waals surface area contributed by atoms with Crippen molar-refractivity contribution in [1.82, 2.24) is 0 Å². The molecule has 0 spiro atoms. The van der Waals surface area contributed by atoms with Gasteiger partial charge in [-0.1, -0.05) is 31.6 Å². The molecular formula is C19H23NO2. The molecule has 1 fully saturated rings. The predicted molar refractivity (Wildman–Crippen MR) is 86.4 cm³/mol. The third-order valence-electron chi connectivity index (χ3n) is 4.16. The number of hydrogen-bond acceptors (Lipinski definition) is 3. The van der Waals surface area contributed by atoms with Crippen LogP contribution in [0.5, 0.6) is 0 Å². The van der Waals surface area contributed by atoms with Gasteiger partial charge in [0.2, 0.25) is 0 Å². The zero-order chi connectivity index (χ0) is 15.8. The van der Waals surface area contributed by atoms with Crippen LogP contribution in [0.4, 0.5) is 0 Å². The Morgan fingerprint density at radius 2 is 1.95 bits per heavy atom. The van der Waals surface area contributed by atoms with Gasteiger partial charge >= 0.3 is 5.97 Å². The van der Waals surface area contributed by atoms with E-state index in [1.165, 1.54) is 5.56 Å². The molecule has 1 aromatic rings. The average Bonchev–Trinajstić information content (AvgIpc) is 2.55. The summed E-state index contributed by atoms with van der Waals surface area (Å²) >= 11 is 0. The third kappa shape index (κ3) is 4.73. The van der Waals surface area contributed by atoms with E-state index in [1.54, 1.807) is 6.08 Å². The van der Waals surface area contributed by atoms with E-state index in [4.69, 9.17) is 10.00 Å². The number of ether oxygens (including phenoxy) is 1. The van der Waals surface area contributed by atoms with Gasteiger partial charge in [-0.3, -0.25) is 0 Å². The van der Waals surface area contributed by atoms with E-state index in [0.29, 0.717) is 11.5 Å². The number of hydrogen-bond donors (Lipinski definition) is 0. The summed E-state index contributed by atoms with van der Waals surface area (Å²) < 4.78 is 5.60. The van der Waals surface area contributed by atoms with Gasteiger partial charge in [0.15, 0.2) is 0 Å². The fraction of sp³-hybridized carbons (Fsp3) is 0.474. The van der Waals surface area contributed by atoms with Gasteiger partial charge < -0.3 is 4.74 Å². The minimum absolute atomic E-state index is 0.00885. The molecule has 22 heavy (non-hydrogen) atoms. The van der Waals surface area contributed by atoms with Crippen LogP contribution in [0.2, 0.25) is 0 Å². The smallest absolute Gasteiger partial charge is 0.338 e. The molecule has 1 aliphatic carbocycles. The Balaban J connectivity index is 1.83. The summed E-state index contributed by atoms with van der Waals surface area (Å²) in [4.78, 5) is 12.2. The lowest BCUT2D eigenvalue weighted by Crippen LogP contribution is -2.24. The first-order chi connectivity index (χ1) is 10.7. The van der Waals surface area contributed by atoms with Crippen molar-refractivity contribution >= 4 is 5.97 Å². The number of rotatable bonds is 5. The summed E-state index contributed by atoms with van der Waals surface area (Å²) in [6.45, 7) is 2.14. The molecule has 116 valence electrons. The van der Waals surface area contributed by atoms with E-state index in [1.807, 2.05) is 36.4 Å². The van der Waals surface area contributed by atoms with Crippen LogP contribution < -0.4 is 0 Å². The summed E-state index contributed by atoms with van der Waals surface area (Å²) in [5.74, 6) is 0.224. The van der Waals surface area contributed by atoms with Crippen LogP contribution in [0.15, 0.2) is 36.4 Å². The van der Waals surface area contributed by atoms with Gasteiger partial charge in [0.1, 0.15) is 6.10 Å². The zero-order valence-electron chi connectivity index (χ0n) is 13.1. The van der Waals surface area contributed by atoms with Crippen LogP contribution in [0.25, 0.3) is 0 Å². The second-order valence-electron chi connectivity index (χ2n) is 5.88. The lowest BCUT2D eigenvalue weighted by atomic mass is 9.87. The molecule has 0 amide bonds. The highest BCUT2D eigenvalue weighted by Gasteiger charge is 2.23. The largest absolute Gasteiger partial charge is 0.459 e. The quantitative estimate of drug-likeness (QED) is 0.596. The van der Waals surface area contributed by atoms with Crippen LogP contribution in [0, 0.1) is 17.2 Å². The minimum Gasteiger partial charge on any atom is -0.459 e. The number of carbonyl (C=O) groups is 1. The van der Waals surface area contributed by atoms with E-state index in [9.17, 15) is 4.79 Å². The van der Waals surface area contributed by atoms with Gasteiger partial charge in [0, 0.05) is 6.08 Å². The van der Waals surface area contributed by atoms with Gasteiger partial charge in [-0.25, -0.2) is 4.79 Å². The SMILES string of the molecule is CCCc1ccc(C(=O)OC2CCC(C=CC#N)CC2)cc1. The normalized spacial score (nSPS) is 21.5. The maximum atomic E-state index is 12.2. The first-order valence-electron chi connectivity index (χ1n) is 8.09. The Kier molecular flexibility index (Phi) is 6.21. The fourth-order valence-electron chi connectivity index (χ4n) is 2.89. The van der Waals surface area contributed by atoms with Crippen molar-refractivity contribution in [2.45, 2.75) is 51.6 Å². The molecule has 0 bridgehead atoms. The van der Waals surface area contributed by atoms with Crippen molar-refractivity contribution in [3.8, 4) is 6.07 Å². The van der Waals surface area contributed by atoms with Crippen LogP contribution >= 0.6 is 0 Å². The Morgan fingerprint density at radius 3 is 2.55 bits per heavy atom. The van der Waals surface area contributed by atoms with Crippen LogP contribution in [0.3, 0.4) is 0 Å². The van der Waals surface area contributed by atoms with Crippen molar-refractivity contribution in [2.24, 2.45) is 5.92 Å². The molecular weight excluding hydrogens is 274 g/mol. The monoisotopic (exact) mass is 297 g/mol. The molecule has 3 nitrogen and oxygen atoms in total. The Hall–Kier alpha value is -2.08. The summed E-state index contributed by atoms with van der Waals surface area (Å²) in [5, 5.41) is 8.54. The standard InChI is InChI=1S/C19H23NO2/c1-2-4-15-6-10-17(11-7-15)19(21)22-18-12-8-16(9-13-18)5-3-14-20/h3,5-7,10-11,16,18H,2,4,8-9,12-13H2,1H3. The zero-order valence-corrected chi connectivity index (χ0v) is 13.1. The summed E-state index contributed by atoms with van der Waals surface area (Å²) in [6.07, 6.45) is 9.37. The van der Waals surface area contributed by atoms with Gasteiger partial charge in [0.25, 0.3) is 0 Å². The third-order valence-corrected chi connectivity index (χ3v) is 4.16. The summed E-state index contributed by atoms with van der Waals surface area (Å²) in [5.41, 5.74) is 1.88. The predicted octanol–water partition coefficient (Wildman–Crippen LogP) is 4.43. The lowest BCUT2D eigenvalue weighted by molar-refractivity contribution is 0.0185. The van der Waals surface area contributed by atoms with E-state index in [0.717, 1.165) is 38.5 Å². The molecule has 0 N–H and O–H groups in total. The second kappa shape index (κ2) is 8.38. The number of esters is 1. The molecule has 0 unspecified atom stereocenters. The molecule has 3 heteroatoms. The summed E-state index contributed by atoms with van der Waals surface area (Å²) in [6, 6.07) is 9.75. The first-order valence-corrected chi connectivity index (χ1v) is 8.09. The van der Waals surface area contributed by atoms with E-state index >= 15 is 0 Å². The molecule has 1 saturated carbocycles. The van der Waals surface area contributed by atoms with Crippen molar-refractivity contribution in [1.29, 1.82) is 5.26 Å². The highest BCUT2D eigenvalue weighted by Crippen LogP contribution is 2.27. The molecule has 0 radical (unpaired) electrons. The molecule has 0 atom stereocenters. The van der Waals surface area contributed by atoms with E-state index in [-0.39, 0.29) is 12.1 Å². The van der Waals surface area contributed by atoms with Crippen molar-refractivity contribution in [3.05, 3.63) is 47.5 Å². The van der Waals surface area contributed by atoms with Crippen molar-refractivity contribution in [2.75, 3.05) is 0 Å². The number of nitrogens with zero attached hydrogens (tertiary/aromatic N) is 1. The number of allylic oxidation sites excluding steroid dienone is 2. The maximum absolute atomic E-state index is 12.2. The van der Waals surface area contributed by atoms with Crippen LogP contribution in [0.1, 0.15) is 54.9 Å². The number of benzene rings is 1. The van der Waals surface area contributed by atoms with Crippen molar-refractivity contribution in [3.63, 3.8) is 0 Å². The number of carbonyl (C=O) groups excluding carboxylic acids is 1. The van der Waals surface area contributed by atoms with Crippen LogP contribution in [-0.2, 0) is 11.2 Å². The lowest BCUT2D eigenvalue weighted by Gasteiger charge is -2.26. The maximum Gasteiger partial charge on any atom is 0.338 e. The Labute approximate surface area is 132 Å². The van der Waals surface area contributed by atoms with Gasteiger partial charge in [-0.05, 0) is 55.7 Å². The fourth-order valence-corrected chi connectivity index (χ4v) is 2.89. The van der Waals surface area contributed by atoms with Gasteiger partial charge in [0.05, 0.1) is 11.6 Å². The highest BCUT2D eigenvalue weighted by molar-refractivity contribution is 5.89. The van der Waals surface area contributed by atoms with Gasteiger partial charge in [-0.15, -0.1) is 0 Å². The second-order valence-corrected chi connectivity index (χ2v) is 5.88.